The molecular formula is C14H13ClF2N2OS. The maximum absolute atomic E-state index is 13.9. The largest absolute Gasteiger partial charge is 0.378 e. The number of benzene rings is 1. The summed E-state index contributed by atoms with van der Waals surface area (Å²) in [6, 6.07) is 2.58. The predicted molar refractivity (Wildman–Crippen MR) is 79.3 cm³/mol. The fourth-order valence-corrected chi connectivity index (χ4v) is 3.24. The molecule has 1 aliphatic rings. The van der Waals surface area contributed by atoms with Crippen LogP contribution in [0.1, 0.15) is 11.3 Å². The van der Waals surface area contributed by atoms with Crippen LogP contribution in [0.4, 0.5) is 13.9 Å². The number of aromatic nitrogens is 1. The van der Waals surface area contributed by atoms with Gasteiger partial charge in [0.1, 0.15) is 16.7 Å². The van der Waals surface area contributed by atoms with Crippen molar-refractivity contribution in [3.05, 3.63) is 45.4 Å². The molecule has 112 valence electrons. The van der Waals surface area contributed by atoms with Gasteiger partial charge in [-0.1, -0.05) is 17.7 Å². The average Bonchev–Trinajstić information content (AvgIpc) is 2.97. The number of anilines is 1. The molecule has 1 aromatic carbocycles. The van der Waals surface area contributed by atoms with Crippen molar-refractivity contribution in [2.75, 3.05) is 31.2 Å². The maximum atomic E-state index is 13.9. The van der Waals surface area contributed by atoms with Crippen LogP contribution < -0.4 is 4.90 Å². The van der Waals surface area contributed by atoms with Gasteiger partial charge in [-0.15, -0.1) is 11.3 Å². The summed E-state index contributed by atoms with van der Waals surface area (Å²) in [5.74, 6) is -1.46. The van der Waals surface area contributed by atoms with Gasteiger partial charge in [0.05, 0.1) is 18.9 Å². The van der Waals surface area contributed by atoms with Crippen LogP contribution in [0.2, 0.25) is 5.02 Å². The highest BCUT2D eigenvalue weighted by Gasteiger charge is 2.16. The summed E-state index contributed by atoms with van der Waals surface area (Å²) >= 11 is 7.10. The molecule has 3 rings (SSSR count). The molecule has 0 saturated carbocycles. The summed E-state index contributed by atoms with van der Waals surface area (Å²) in [6.07, 6.45) is 0.298. The zero-order valence-corrected chi connectivity index (χ0v) is 12.7. The third-order valence-electron chi connectivity index (χ3n) is 3.31. The van der Waals surface area contributed by atoms with Crippen LogP contribution in [0, 0.1) is 11.6 Å². The molecule has 0 atom stereocenters. The van der Waals surface area contributed by atoms with E-state index in [2.05, 4.69) is 9.88 Å². The third-order valence-corrected chi connectivity index (χ3v) is 4.60. The van der Waals surface area contributed by atoms with Crippen molar-refractivity contribution in [2.45, 2.75) is 6.42 Å². The fourth-order valence-electron chi connectivity index (χ4n) is 2.17. The number of halogens is 3. The molecule has 1 aliphatic heterocycles. The van der Waals surface area contributed by atoms with E-state index >= 15 is 0 Å². The number of thiazole rings is 1. The quantitative estimate of drug-likeness (QED) is 0.805. The Morgan fingerprint density at radius 3 is 2.81 bits per heavy atom. The second kappa shape index (κ2) is 6.25. The molecule has 2 aromatic rings. The van der Waals surface area contributed by atoms with Gasteiger partial charge in [0.15, 0.2) is 5.13 Å². The van der Waals surface area contributed by atoms with Crippen LogP contribution in [-0.4, -0.2) is 31.3 Å². The zero-order valence-electron chi connectivity index (χ0n) is 11.1. The van der Waals surface area contributed by atoms with Crippen LogP contribution in [0.25, 0.3) is 0 Å². The molecule has 0 spiro atoms. The van der Waals surface area contributed by atoms with Gasteiger partial charge in [-0.25, -0.2) is 13.8 Å². The van der Waals surface area contributed by atoms with Crippen LogP contribution in [-0.2, 0) is 11.2 Å². The number of nitrogens with zero attached hydrogens (tertiary/aromatic N) is 2. The molecule has 1 aromatic heterocycles. The topological polar surface area (TPSA) is 25.4 Å². The first-order valence-electron chi connectivity index (χ1n) is 6.54. The first-order valence-corrected chi connectivity index (χ1v) is 7.80. The predicted octanol–water partition coefficient (Wildman–Crippen LogP) is 3.50. The van der Waals surface area contributed by atoms with Gasteiger partial charge in [0, 0.05) is 24.9 Å². The minimum absolute atomic E-state index is 0.298. The Labute approximate surface area is 130 Å². The summed E-state index contributed by atoms with van der Waals surface area (Å²) in [7, 11) is 0. The number of hydrogen-bond acceptors (Lipinski definition) is 4. The first kappa shape index (κ1) is 14.7. The van der Waals surface area contributed by atoms with E-state index in [-0.39, 0.29) is 0 Å². The Morgan fingerprint density at radius 2 is 2.05 bits per heavy atom. The molecule has 1 fully saturated rings. The van der Waals surface area contributed by atoms with Gasteiger partial charge >= 0.3 is 0 Å². The second-order valence-corrected chi connectivity index (χ2v) is 5.95. The minimum atomic E-state index is -0.745. The van der Waals surface area contributed by atoms with E-state index in [1.54, 1.807) is 0 Å². The van der Waals surface area contributed by atoms with Crippen LogP contribution in [0.3, 0.4) is 0 Å². The smallest absolute Gasteiger partial charge is 0.185 e. The van der Waals surface area contributed by atoms with Crippen LogP contribution >= 0.6 is 22.9 Å². The Kier molecular flexibility index (Phi) is 4.37. The van der Waals surface area contributed by atoms with Crippen molar-refractivity contribution in [1.82, 2.24) is 4.98 Å². The summed E-state index contributed by atoms with van der Waals surface area (Å²) in [6.45, 7) is 3.00. The highest BCUT2D eigenvalue weighted by atomic mass is 35.5. The third kappa shape index (κ3) is 3.17. The number of morpholine rings is 1. The van der Waals surface area contributed by atoms with Gasteiger partial charge in [-0.05, 0) is 11.6 Å². The zero-order chi connectivity index (χ0) is 14.8. The number of hydrogen-bond donors (Lipinski definition) is 0. The molecule has 21 heavy (non-hydrogen) atoms. The lowest BCUT2D eigenvalue weighted by Crippen LogP contribution is -2.36. The monoisotopic (exact) mass is 330 g/mol. The lowest BCUT2D eigenvalue weighted by molar-refractivity contribution is 0.122. The average molecular weight is 331 g/mol. The van der Waals surface area contributed by atoms with E-state index in [0.717, 1.165) is 23.9 Å². The summed E-state index contributed by atoms with van der Waals surface area (Å²) < 4.78 is 32.3. The number of ether oxygens (including phenoxy) is 1. The molecule has 1 saturated heterocycles. The SMILES string of the molecule is Fc1ccc(Cc2csc(N3CCOCC3)n2)c(F)c1Cl. The Balaban J connectivity index is 1.77. The molecule has 0 bridgehead atoms. The van der Waals surface area contributed by atoms with Crippen molar-refractivity contribution in [3.63, 3.8) is 0 Å². The summed E-state index contributed by atoms with van der Waals surface area (Å²) in [4.78, 5) is 6.65. The fraction of sp³-hybridized carbons (Fsp3) is 0.357. The van der Waals surface area contributed by atoms with Gasteiger partial charge in [0.2, 0.25) is 0 Å². The Morgan fingerprint density at radius 1 is 1.29 bits per heavy atom. The Bertz CT molecular complexity index is 644. The molecular weight excluding hydrogens is 318 g/mol. The van der Waals surface area contributed by atoms with Crippen LogP contribution in [0.5, 0.6) is 0 Å². The lowest BCUT2D eigenvalue weighted by atomic mass is 10.1. The summed E-state index contributed by atoms with van der Waals surface area (Å²) in [5, 5.41) is 2.33. The van der Waals surface area contributed by atoms with Crippen LogP contribution in [0.15, 0.2) is 17.5 Å². The number of rotatable bonds is 3. The van der Waals surface area contributed by atoms with E-state index in [9.17, 15) is 8.78 Å². The van der Waals surface area contributed by atoms with E-state index in [1.165, 1.54) is 23.5 Å². The summed E-state index contributed by atoms with van der Waals surface area (Å²) in [5.41, 5.74) is 1.10. The molecule has 0 N–H and O–H groups in total. The van der Waals surface area contributed by atoms with Crippen molar-refractivity contribution in [1.29, 1.82) is 0 Å². The molecule has 0 amide bonds. The van der Waals surface area contributed by atoms with E-state index < -0.39 is 16.7 Å². The second-order valence-electron chi connectivity index (χ2n) is 4.73. The van der Waals surface area contributed by atoms with Gasteiger partial charge in [-0.3, -0.25) is 0 Å². The van der Waals surface area contributed by atoms with Gasteiger partial charge in [0.25, 0.3) is 0 Å². The highest BCUT2D eigenvalue weighted by molar-refractivity contribution is 7.13. The lowest BCUT2D eigenvalue weighted by Gasteiger charge is -2.26. The molecule has 3 nitrogen and oxygen atoms in total. The Hall–Kier alpha value is -1.24. The van der Waals surface area contributed by atoms with E-state index in [1.807, 2.05) is 5.38 Å². The van der Waals surface area contributed by atoms with Crippen molar-refractivity contribution in [2.24, 2.45) is 0 Å². The maximum Gasteiger partial charge on any atom is 0.185 e. The van der Waals surface area contributed by atoms with E-state index in [4.69, 9.17) is 16.3 Å². The van der Waals surface area contributed by atoms with E-state index in [0.29, 0.717) is 25.2 Å². The van der Waals surface area contributed by atoms with Gasteiger partial charge in [-0.2, -0.15) is 0 Å². The first-order chi connectivity index (χ1) is 10.1. The molecule has 0 unspecified atom stereocenters. The normalized spacial score (nSPS) is 15.5. The van der Waals surface area contributed by atoms with Crippen molar-refractivity contribution >= 4 is 28.1 Å². The molecule has 7 heteroatoms. The molecule has 2 heterocycles. The minimum Gasteiger partial charge on any atom is -0.378 e. The molecule has 0 radical (unpaired) electrons. The van der Waals surface area contributed by atoms with Gasteiger partial charge < -0.3 is 9.64 Å². The van der Waals surface area contributed by atoms with Crippen molar-refractivity contribution in [3.8, 4) is 0 Å². The standard InChI is InChI=1S/C14H13ClF2N2OS/c15-12-11(16)2-1-9(13(12)17)7-10-8-21-14(18-10)19-3-5-20-6-4-19/h1-2,8H,3-7H2. The molecule has 0 aliphatic carbocycles. The van der Waals surface area contributed by atoms with Crippen molar-refractivity contribution < 1.29 is 13.5 Å². The highest BCUT2D eigenvalue weighted by Crippen LogP contribution is 2.26.